The highest BCUT2D eigenvalue weighted by atomic mass is 16.6. The zero-order chi connectivity index (χ0) is 40.2. The maximum absolute atomic E-state index is 13.8. The van der Waals surface area contributed by atoms with Gasteiger partial charge in [-0.3, -0.25) is 19.2 Å². The summed E-state index contributed by atoms with van der Waals surface area (Å²) in [5, 5.41) is 22.7. The molecule has 0 aliphatic carbocycles. The Morgan fingerprint density at radius 3 is 2.31 bits per heavy atom. The number of hydrogen-bond donors (Lipinski definition) is 2. The summed E-state index contributed by atoms with van der Waals surface area (Å²) in [6.07, 6.45) is 10.5. The molecule has 12 nitrogen and oxygen atoms in total. The third kappa shape index (κ3) is 11.9. The van der Waals surface area contributed by atoms with Crippen molar-refractivity contribution in [2.24, 2.45) is 17.8 Å². The molecule has 3 heterocycles. The van der Waals surface area contributed by atoms with E-state index in [1.54, 1.807) is 34.0 Å². The molecule has 0 aromatic rings. The second-order valence-electron chi connectivity index (χ2n) is 15.4. The summed E-state index contributed by atoms with van der Waals surface area (Å²) in [4.78, 5) is 68.8. The molecule has 0 aromatic carbocycles. The first-order valence-electron chi connectivity index (χ1n) is 19.5. The third-order valence-electron chi connectivity index (χ3n) is 11.1. The van der Waals surface area contributed by atoms with Crippen molar-refractivity contribution in [2.75, 3.05) is 20.8 Å². The number of methoxy groups -OCH3 is 2. The van der Waals surface area contributed by atoms with Gasteiger partial charge < -0.3 is 34.1 Å². The predicted molar refractivity (Wildman–Crippen MR) is 203 cm³/mol. The van der Waals surface area contributed by atoms with Crippen molar-refractivity contribution in [1.29, 1.82) is 0 Å². The van der Waals surface area contributed by atoms with E-state index in [2.05, 4.69) is 0 Å². The molecule has 3 aliphatic heterocycles. The number of hydrogen-bond acceptors (Lipinski definition) is 11. The first-order chi connectivity index (χ1) is 25.6. The van der Waals surface area contributed by atoms with Crippen LogP contribution in [0.25, 0.3) is 0 Å². The number of allylic oxidation sites excluding steroid dienone is 6. The van der Waals surface area contributed by atoms with E-state index in [0.29, 0.717) is 50.5 Å². The molecule has 1 amide bonds. The molecule has 2 saturated heterocycles. The highest BCUT2D eigenvalue weighted by Crippen LogP contribution is 2.36. The van der Waals surface area contributed by atoms with Crippen LogP contribution in [0.4, 0.5) is 0 Å². The van der Waals surface area contributed by atoms with Crippen LogP contribution in [0.1, 0.15) is 106 Å². The largest absolute Gasteiger partial charge is 0.460 e. The Bertz CT molecular complexity index is 1450. The van der Waals surface area contributed by atoms with E-state index in [1.165, 1.54) is 12.0 Å². The van der Waals surface area contributed by atoms with Gasteiger partial charge in [-0.05, 0) is 75.9 Å². The van der Waals surface area contributed by atoms with Gasteiger partial charge in [-0.2, -0.15) is 0 Å². The minimum Gasteiger partial charge on any atom is -0.460 e. The molecule has 0 aromatic heterocycles. The molecule has 12 heteroatoms. The first-order valence-corrected chi connectivity index (χ1v) is 19.5. The summed E-state index contributed by atoms with van der Waals surface area (Å²) in [6.45, 7) is 10.9. The summed E-state index contributed by atoms with van der Waals surface area (Å²) < 4.78 is 23.0. The Balaban J connectivity index is 1.93. The molecule has 0 radical (unpaired) electrons. The van der Waals surface area contributed by atoms with E-state index in [9.17, 15) is 34.2 Å². The van der Waals surface area contributed by atoms with Crippen molar-refractivity contribution in [3.63, 3.8) is 0 Å². The van der Waals surface area contributed by atoms with Gasteiger partial charge >= 0.3 is 5.97 Å². The normalized spacial score (nSPS) is 38.4. The van der Waals surface area contributed by atoms with Gasteiger partial charge in [0.2, 0.25) is 5.79 Å². The van der Waals surface area contributed by atoms with Gasteiger partial charge in [-0.25, -0.2) is 4.79 Å². The number of carbonyl (C=O) groups is 5. The van der Waals surface area contributed by atoms with Crippen LogP contribution in [0.15, 0.2) is 47.6 Å². The molecule has 302 valence electrons. The number of ether oxygens (including phenoxy) is 4. The number of ketones is 3. The van der Waals surface area contributed by atoms with Gasteiger partial charge in [0, 0.05) is 51.9 Å². The molecular weight excluding hydrogens is 694 g/mol. The topological polar surface area (TPSA) is 166 Å². The molecule has 2 fully saturated rings. The van der Waals surface area contributed by atoms with E-state index < -0.39 is 71.8 Å². The Kier molecular flexibility index (Phi) is 17.6. The fourth-order valence-electron chi connectivity index (χ4n) is 7.46. The summed E-state index contributed by atoms with van der Waals surface area (Å²) in [5.41, 5.74) is 1.30. The number of piperidine rings is 1. The zero-order valence-corrected chi connectivity index (χ0v) is 33.5. The molecule has 3 rings (SSSR count). The average molecular weight is 758 g/mol. The average Bonchev–Trinajstić information content (AvgIpc) is 3.15. The van der Waals surface area contributed by atoms with Gasteiger partial charge in [-0.1, -0.05) is 64.2 Å². The SMILES string of the molecule is CC[C@@H]1CC(=O)C/C=C(\C)[C@@H](O)[C@@H](OC)C(=O)[C@H](C)C[C@H](C)/C=C/C=C/C=C(\C)[C@@H](OC)C[C@@H]2CC[C@@H](C)[C@@](O)(O2)C(=O)C(=O)N2CCCC[C@H]2C(=O)O1. The van der Waals surface area contributed by atoms with Gasteiger partial charge in [0.1, 0.15) is 30.1 Å². The summed E-state index contributed by atoms with van der Waals surface area (Å²) in [6, 6.07) is -1.06. The van der Waals surface area contributed by atoms with E-state index in [-0.39, 0.29) is 43.3 Å². The molecule has 2 N–H and O–H groups in total. The summed E-state index contributed by atoms with van der Waals surface area (Å²) in [7, 11) is 2.95. The van der Waals surface area contributed by atoms with Crippen molar-refractivity contribution in [1.82, 2.24) is 4.90 Å². The number of amides is 1. The third-order valence-corrected chi connectivity index (χ3v) is 11.1. The minimum absolute atomic E-state index is 0.0471. The standard InChI is InChI=1S/C42H63NO11/c1-9-32-24-31(44)20-18-28(4)36(45)38(52-8)37(46)29(5)23-26(2)15-11-10-12-16-27(3)35(51-7)25-33-21-19-30(6)42(50,54-33)39(47)40(48)43-22-14-13-17-34(43)41(49)53-32/h10-12,15-16,18,26,29-30,32-36,38,45,50H,9,13-14,17,19-25H2,1-8H3/b12-10+,15-11+,27-16+,28-18+/t26-,29-,30-,32-,33+,34+,35+,36-,38-,42-/m1/s1. The fraction of sp³-hybridized carbons (Fsp3) is 0.690. The van der Waals surface area contributed by atoms with Crippen LogP contribution in [0.3, 0.4) is 0 Å². The highest BCUT2D eigenvalue weighted by Gasteiger charge is 2.53. The van der Waals surface area contributed by atoms with Gasteiger partial charge in [0.15, 0.2) is 5.78 Å². The number of nitrogens with zero attached hydrogens (tertiary/aromatic N) is 1. The molecule has 10 atom stereocenters. The van der Waals surface area contributed by atoms with Gasteiger partial charge in [-0.15, -0.1) is 0 Å². The predicted octanol–water partition coefficient (Wildman–Crippen LogP) is 5.14. The van der Waals surface area contributed by atoms with Crippen LogP contribution >= 0.6 is 0 Å². The van der Waals surface area contributed by atoms with Crippen molar-refractivity contribution >= 4 is 29.2 Å². The number of fused-ring (bicyclic) bond motifs is 3. The van der Waals surface area contributed by atoms with E-state index in [4.69, 9.17) is 18.9 Å². The second-order valence-corrected chi connectivity index (χ2v) is 15.4. The number of esters is 1. The van der Waals surface area contributed by atoms with Crippen LogP contribution < -0.4 is 0 Å². The van der Waals surface area contributed by atoms with E-state index in [0.717, 1.165) is 5.57 Å². The number of cyclic esters (lactones) is 1. The Morgan fingerprint density at radius 1 is 0.926 bits per heavy atom. The molecule has 3 aliphatic rings. The van der Waals surface area contributed by atoms with Crippen LogP contribution in [-0.4, -0.2) is 107 Å². The van der Waals surface area contributed by atoms with Crippen molar-refractivity contribution in [2.45, 2.75) is 148 Å². The van der Waals surface area contributed by atoms with Gasteiger partial charge in [0.05, 0.1) is 12.2 Å². The number of carbonyl (C=O) groups excluding carboxylic acids is 5. The van der Waals surface area contributed by atoms with Crippen molar-refractivity contribution < 1.29 is 53.1 Å². The monoisotopic (exact) mass is 757 g/mol. The maximum atomic E-state index is 13.8. The number of aliphatic hydroxyl groups is 2. The lowest BCUT2D eigenvalue weighted by Crippen LogP contribution is -2.60. The number of rotatable bonds is 3. The van der Waals surface area contributed by atoms with Gasteiger partial charge in [0.25, 0.3) is 11.7 Å². The lowest BCUT2D eigenvalue weighted by molar-refractivity contribution is -0.265. The smallest absolute Gasteiger partial charge is 0.329 e. The van der Waals surface area contributed by atoms with Crippen molar-refractivity contribution in [3.8, 4) is 0 Å². The molecule has 54 heavy (non-hydrogen) atoms. The Labute approximate surface area is 321 Å². The van der Waals surface area contributed by atoms with E-state index in [1.807, 2.05) is 51.2 Å². The number of Topliss-reactive ketones (excluding diaryl/α,β-unsaturated/α-hetero) is 3. The second kappa shape index (κ2) is 21.1. The maximum Gasteiger partial charge on any atom is 0.329 e. The number of aliphatic hydroxyl groups excluding tert-OH is 1. The Hall–Kier alpha value is -3.29. The van der Waals surface area contributed by atoms with Crippen LogP contribution in [-0.2, 0) is 42.9 Å². The summed E-state index contributed by atoms with van der Waals surface area (Å²) in [5.74, 6) is -6.74. The zero-order valence-electron chi connectivity index (χ0n) is 33.5. The fourth-order valence-corrected chi connectivity index (χ4v) is 7.46. The Morgan fingerprint density at radius 2 is 1.65 bits per heavy atom. The lowest BCUT2D eigenvalue weighted by Gasteiger charge is -2.42. The highest BCUT2D eigenvalue weighted by molar-refractivity contribution is 6.39. The molecule has 0 unspecified atom stereocenters. The molecule has 0 spiro atoms. The van der Waals surface area contributed by atoms with E-state index >= 15 is 0 Å². The van der Waals surface area contributed by atoms with Crippen LogP contribution in [0.5, 0.6) is 0 Å². The molecule has 0 saturated carbocycles. The quantitative estimate of drug-likeness (QED) is 0.222. The summed E-state index contributed by atoms with van der Waals surface area (Å²) >= 11 is 0. The first kappa shape index (κ1) is 45.1. The van der Waals surface area contributed by atoms with Crippen LogP contribution in [0.2, 0.25) is 0 Å². The van der Waals surface area contributed by atoms with Crippen LogP contribution in [0, 0.1) is 17.8 Å². The minimum atomic E-state index is -2.38. The molecule has 2 bridgehead atoms. The molecular formula is C42H63NO11. The van der Waals surface area contributed by atoms with Crippen molar-refractivity contribution in [3.05, 3.63) is 47.6 Å². The lowest BCUT2D eigenvalue weighted by atomic mass is 9.85.